The van der Waals surface area contributed by atoms with Crippen molar-refractivity contribution in [3.05, 3.63) is 30.4 Å². The Hall–Kier alpha value is -1.68. The van der Waals surface area contributed by atoms with Crippen molar-refractivity contribution in [2.24, 2.45) is 5.73 Å². The molecule has 3 N–H and O–H groups in total. The second kappa shape index (κ2) is 3.42. The molecule has 1 aromatic rings. The average Bonchev–Trinajstić information content (AvgIpc) is 2.53. The predicted molar refractivity (Wildman–Crippen MR) is 60.6 cm³/mol. The quantitative estimate of drug-likeness (QED) is 0.750. The van der Waals surface area contributed by atoms with Crippen molar-refractivity contribution in [1.29, 1.82) is 0 Å². The van der Waals surface area contributed by atoms with E-state index in [1.54, 1.807) is 32.1 Å². The zero-order valence-electron chi connectivity index (χ0n) is 9.36. The van der Waals surface area contributed by atoms with Crippen molar-refractivity contribution >= 4 is 0 Å². The molecule has 0 amide bonds. The Bertz CT molecular complexity index is 440. The first-order chi connectivity index (χ1) is 7.44. The molecule has 0 spiro atoms. The van der Waals surface area contributed by atoms with Crippen molar-refractivity contribution < 1.29 is 14.6 Å². The molecule has 0 bridgehead atoms. The molecule has 1 heterocycles. The summed E-state index contributed by atoms with van der Waals surface area (Å²) < 4.78 is 11.0. The van der Waals surface area contributed by atoms with Gasteiger partial charge in [-0.15, -0.1) is 6.58 Å². The van der Waals surface area contributed by atoms with Gasteiger partial charge in [0.25, 0.3) is 0 Å². The van der Waals surface area contributed by atoms with Gasteiger partial charge in [0.2, 0.25) is 11.5 Å². The van der Waals surface area contributed by atoms with Gasteiger partial charge in [-0.2, -0.15) is 0 Å². The van der Waals surface area contributed by atoms with Gasteiger partial charge >= 0.3 is 0 Å². The molecule has 0 saturated heterocycles. The van der Waals surface area contributed by atoms with E-state index in [4.69, 9.17) is 15.2 Å². The van der Waals surface area contributed by atoms with Crippen LogP contribution in [0.5, 0.6) is 17.2 Å². The lowest BCUT2D eigenvalue weighted by Crippen LogP contribution is -2.29. The van der Waals surface area contributed by atoms with Crippen LogP contribution in [0.2, 0.25) is 0 Å². The van der Waals surface area contributed by atoms with Crippen LogP contribution < -0.4 is 15.2 Å². The van der Waals surface area contributed by atoms with Crippen LogP contribution in [0.3, 0.4) is 0 Å². The van der Waals surface area contributed by atoms with Crippen LogP contribution in [-0.4, -0.2) is 10.9 Å². The number of hydrogen-bond acceptors (Lipinski definition) is 4. The standard InChI is InChI=1S/C12H15NO3/c1-4-8(13)7-5-6-9-11(10(7)14)16-12(2,3)15-9/h4-6,8,14H,1,13H2,2-3H3. The molecule has 0 aliphatic carbocycles. The van der Waals surface area contributed by atoms with E-state index in [1.165, 1.54) is 0 Å². The number of phenolic OH excluding ortho intramolecular Hbond substituents is 1. The maximum absolute atomic E-state index is 10.0. The fraction of sp³-hybridized carbons (Fsp3) is 0.333. The van der Waals surface area contributed by atoms with Crippen molar-refractivity contribution in [2.75, 3.05) is 0 Å². The molecule has 0 aromatic heterocycles. The Morgan fingerprint density at radius 2 is 2.12 bits per heavy atom. The van der Waals surface area contributed by atoms with Crippen LogP contribution in [0.15, 0.2) is 24.8 Å². The molecule has 4 heteroatoms. The van der Waals surface area contributed by atoms with Gasteiger partial charge in [0.1, 0.15) is 0 Å². The Labute approximate surface area is 94.3 Å². The van der Waals surface area contributed by atoms with Crippen molar-refractivity contribution in [3.8, 4) is 17.2 Å². The van der Waals surface area contributed by atoms with Crippen LogP contribution in [0, 0.1) is 0 Å². The Kier molecular flexibility index (Phi) is 2.31. The lowest BCUT2D eigenvalue weighted by Gasteiger charge is -2.16. The van der Waals surface area contributed by atoms with E-state index in [2.05, 4.69) is 6.58 Å². The molecule has 86 valence electrons. The number of nitrogens with two attached hydrogens (primary N) is 1. The molecule has 0 fully saturated rings. The molecule has 1 unspecified atom stereocenters. The third kappa shape index (κ3) is 1.61. The van der Waals surface area contributed by atoms with E-state index in [0.717, 1.165) is 0 Å². The van der Waals surface area contributed by atoms with Gasteiger partial charge in [-0.3, -0.25) is 0 Å². The molecular formula is C12H15NO3. The summed E-state index contributed by atoms with van der Waals surface area (Å²) in [5.74, 6) is 0.147. The third-order valence-electron chi connectivity index (χ3n) is 2.44. The van der Waals surface area contributed by atoms with Crippen molar-refractivity contribution in [1.82, 2.24) is 0 Å². The Balaban J connectivity index is 2.47. The molecule has 2 rings (SSSR count). The first-order valence-corrected chi connectivity index (χ1v) is 5.06. The summed E-state index contributed by atoms with van der Waals surface area (Å²) in [7, 11) is 0. The number of fused-ring (bicyclic) bond motifs is 1. The summed E-state index contributed by atoms with van der Waals surface area (Å²) >= 11 is 0. The molecule has 0 saturated carbocycles. The lowest BCUT2D eigenvalue weighted by atomic mass is 10.1. The summed E-state index contributed by atoms with van der Waals surface area (Å²) in [5, 5.41) is 10.0. The number of rotatable bonds is 2. The number of phenols is 1. The third-order valence-corrected chi connectivity index (χ3v) is 2.44. The maximum Gasteiger partial charge on any atom is 0.246 e. The lowest BCUT2D eigenvalue weighted by molar-refractivity contribution is -0.0439. The largest absolute Gasteiger partial charge is 0.504 e. The highest BCUT2D eigenvalue weighted by Gasteiger charge is 2.35. The molecule has 4 nitrogen and oxygen atoms in total. The van der Waals surface area contributed by atoms with Gasteiger partial charge in [0, 0.05) is 19.4 Å². The summed E-state index contributed by atoms with van der Waals surface area (Å²) in [4.78, 5) is 0. The minimum Gasteiger partial charge on any atom is -0.504 e. The molecule has 1 aliphatic rings. The van der Waals surface area contributed by atoms with E-state index >= 15 is 0 Å². The second-order valence-corrected chi connectivity index (χ2v) is 4.20. The highest BCUT2D eigenvalue weighted by Crippen LogP contribution is 2.48. The molecule has 1 aliphatic heterocycles. The van der Waals surface area contributed by atoms with Crippen LogP contribution in [0.25, 0.3) is 0 Å². The SMILES string of the molecule is C=CC(N)c1ccc2c(c1O)OC(C)(C)O2. The van der Waals surface area contributed by atoms with Gasteiger partial charge in [-0.05, 0) is 12.1 Å². The molecule has 1 atom stereocenters. The first-order valence-electron chi connectivity index (χ1n) is 5.06. The smallest absolute Gasteiger partial charge is 0.246 e. The second-order valence-electron chi connectivity index (χ2n) is 4.20. The zero-order valence-corrected chi connectivity index (χ0v) is 9.36. The maximum atomic E-state index is 10.0. The van der Waals surface area contributed by atoms with Gasteiger partial charge in [0.15, 0.2) is 11.5 Å². The van der Waals surface area contributed by atoms with Crippen molar-refractivity contribution in [2.45, 2.75) is 25.7 Å². The molecule has 0 radical (unpaired) electrons. The normalized spacial score (nSPS) is 18.2. The van der Waals surface area contributed by atoms with Gasteiger partial charge in [-0.25, -0.2) is 0 Å². The van der Waals surface area contributed by atoms with Crippen LogP contribution >= 0.6 is 0 Å². The zero-order chi connectivity index (χ0) is 11.9. The Morgan fingerprint density at radius 1 is 1.44 bits per heavy atom. The summed E-state index contributed by atoms with van der Waals surface area (Å²) in [5.41, 5.74) is 6.36. The minimum absolute atomic E-state index is 0.0236. The number of ether oxygens (including phenoxy) is 2. The minimum atomic E-state index is -0.753. The molecular weight excluding hydrogens is 206 g/mol. The van der Waals surface area contributed by atoms with Gasteiger partial charge < -0.3 is 20.3 Å². The summed E-state index contributed by atoms with van der Waals surface area (Å²) in [6, 6.07) is 3.03. The fourth-order valence-corrected chi connectivity index (χ4v) is 1.67. The molecule has 1 aromatic carbocycles. The van der Waals surface area contributed by atoms with E-state index in [0.29, 0.717) is 17.1 Å². The monoisotopic (exact) mass is 221 g/mol. The molecule has 16 heavy (non-hydrogen) atoms. The topological polar surface area (TPSA) is 64.7 Å². The highest BCUT2D eigenvalue weighted by molar-refractivity contribution is 5.58. The Morgan fingerprint density at radius 3 is 2.75 bits per heavy atom. The predicted octanol–water partition coefficient (Wildman–Crippen LogP) is 2.09. The number of benzene rings is 1. The summed E-state index contributed by atoms with van der Waals surface area (Å²) in [6.45, 7) is 7.15. The van der Waals surface area contributed by atoms with E-state index in [9.17, 15) is 5.11 Å². The van der Waals surface area contributed by atoms with Gasteiger partial charge in [0.05, 0.1) is 6.04 Å². The number of hydrogen-bond donors (Lipinski definition) is 2. The van der Waals surface area contributed by atoms with E-state index < -0.39 is 11.8 Å². The van der Waals surface area contributed by atoms with Crippen LogP contribution in [0.1, 0.15) is 25.5 Å². The first kappa shape index (κ1) is 10.8. The van der Waals surface area contributed by atoms with Gasteiger partial charge in [-0.1, -0.05) is 6.08 Å². The van der Waals surface area contributed by atoms with Crippen molar-refractivity contribution in [3.63, 3.8) is 0 Å². The fourth-order valence-electron chi connectivity index (χ4n) is 1.67. The van der Waals surface area contributed by atoms with E-state index in [-0.39, 0.29) is 5.75 Å². The van der Waals surface area contributed by atoms with Crippen LogP contribution in [-0.2, 0) is 0 Å². The highest BCUT2D eigenvalue weighted by atomic mass is 16.7. The average molecular weight is 221 g/mol. The van der Waals surface area contributed by atoms with E-state index in [1.807, 2.05) is 0 Å². The van der Waals surface area contributed by atoms with Crippen LogP contribution in [0.4, 0.5) is 0 Å². The summed E-state index contributed by atoms with van der Waals surface area (Å²) in [6.07, 6.45) is 1.56. The number of aromatic hydroxyl groups is 1.